The normalized spacial score (nSPS) is 16.2. The lowest BCUT2D eigenvalue weighted by atomic mass is 10.2. The van der Waals surface area contributed by atoms with E-state index in [1.165, 1.54) is 5.56 Å². The van der Waals surface area contributed by atoms with Crippen LogP contribution in [0.5, 0.6) is 0 Å². The van der Waals surface area contributed by atoms with Gasteiger partial charge in [0, 0.05) is 59.3 Å². The van der Waals surface area contributed by atoms with Crippen molar-refractivity contribution >= 4 is 5.96 Å². The Hall–Kier alpha value is -2.31. The monoisotopic (exact) mass is 383 g/mol. The van der Waals surface area contributed by atoms with Crippen LogP contribution < -0.4 is 10.6 Å². The third kappa shape index (κ3) is 7.02. The van der Waals surface area contributed by atoms with Gasteiger partial charge in [0.2, 0.25) is 0 Å². The summed E-state index contributed by atoms with van der Waals surface area (Å²) in [6.45, 7) is 8.57. The number of furan rings is 1. The molecule has 2 N–H and O–H groups in total. The lowest BCUT2D eigenvalue weighted by molar-refractivity contribution is 0.126. The predicted octanol–water partition coefficient (Wildman–Crippen LogP) is 2.19. The van der Waals surface area contributed by atoms with Gasteiger partial charge in [0.05, 0.1) is 6.26 Å². The summed E-state index contributed by atoms with van der Waals surface area (Å²) in [7, 11) is 1.81. The van der Waals surface area contributed by atoms with Crippen molar-refractivity contribution in [1.29, 1.82) is 0 Å². The quantitative estimate of drug-likeness (QED) is 0.395. The fourth-order valence-corrected chi connectivity index (χ4v) is 3.50. The van der Waals surface area contributed by atoms with Crippen LogP contribution >= 0.6 is 0 Å². The van der Waals surface area contributed by atoms with Crippen molar-refractivity contribution in [3.63, 3.8) is 0 Å². The molecule has 2 aromatic rings. The molecule has 0 aliphatic carbocycles. The maximum absolute atomic E-state index is 5.35. The number of aliphatic imine (C=N–C) groups is 1. The Morgan fingerprint density at radius 3 is 2.43 bits per heavy atom. The molecule has 0 amide bonds. The van der Waals surface area contributed by atoms with Gasteiger partial charge in [0.1, 0.15) is 5.76 Å². The van der Waals surface area contributed by atoms with Crippen LogP contribution in [0.2, 0.25) is 0 Å². The minimum Gasteiger partial charge on any atom is -0.469 e. The highest BCUT2D eigenvalue weighted by molar-refractivity contribution is 5.79. The first-order valence-electron chi connectivity index (χ1n) is 10.3. The Balaban J connectivity index is 1.24. The second-order valence-electron chi connectivity index (χ2n) is 7.21. The Kier molecular flexibility index (Phi) is 8.40. The van der Waals surface area contributed by atoms with Gasteiger partial charge in [-0.25, -0.2) is 0 Å². The lowest BCUT2D eigenvalue weighted by Crippen LogP contribution is -2.46. The molecule has 0 saturated carbocycles. The van der Waals surface area contributed by atoms with Crippen LogP contribution in [-0.4, -0.2) is 68.6 Å². The van der Waals surface area contributed by atoms with Gasteiger partial charge < -0.3 is 20.0 Å². The van der Waals surface area contributed by atoms with E-state index in [4.69, 9.17) is 4.42 Å². The first-order chi connectivity index (χ1) is 13.8. The molecule has 1 saturated heterocycles. The molecule has 0 radical (unpaired) electrons. The van der Waals surface area contributed by atoms with Crippen LogP contribution in [0.15, 0.2) is 58.1 Å². The molecule has 1 aromatic heterocycles. The molecule has 3 rings (SSSR count). The van der Waals surface area contributed by atoms with Gasteiger partial charge in [-0.1, -0.05) is 30.3 Å². The van der Waals surface area contributed by atoms with Crippen molar-refractivity contribution in [3.05, 3.63) is 60.1 Å². The summed E-state index contributed by atoms with van der Waals surface area (Å²) in [4.78, 5) is 9.40. The van der Waals surface area contributed by atoms with Crippen molar-refractivity contribution in [2.24, 2.45) is 4.99 Å². The third-order valence-electron chi connectivity index (χ3n) is 5.13. The highest BCUT2D eigenvalue weighted by Gasteiger charge is 2.16. The van der Waals surface area contributed by atoms with E-state index in [0.29, 0.717) is 0 Å². The zero-order valence-corrected chi connectivity index (χ0v) is 16.9. The van der Waals surface area contributed by atoms with Crippen LogP contribution in [0.3, 0.4) is 0 Å². The number of nitrogens with one attached hydrogen (secondary N) is 2. The van der Waals surface area contributed by atoms with Gasteiger partial charge in [-0.2, -0.15) is 0 Å². The average Bonchev–Trinajstić information content (AvgIpc) is 3.25. The van der Waals surface area contributed by atoms with E-state index in [1.807, 2.05) is 19.2 Å². The van der Waals surface area contributed by atoms with E-state index in [2.05, 4.69) is 55.8 Å². The fraction of sp³-hybridized carbons (Fsp3) is 0.500. The number of benzene rings is 1. The SMILES string of the molecule is CN=C(NCCCN1CCN(Cc2ccccc2)CC1)NCCc1ccco1. The second kappa shape index (κ2) is 11.5. The van der Waals surface area contributed by atoms with Crippen molar-refractivity contribution in [2.75, 3.05) is 52.9 Å². The Bertz CT molecular complexity index is 678. The molecule has 0 atom stereocenters. The predicted molar refractivity (Wildman–Crippen MR) is 115 cm³/mol. The van der Waals surface area contributed by atoms with Crippen molar-refractivity contribution in [1.82, 2.24) is 20.4 Å². The molecule has 0 bridgehead atoms. The first kappa shape index (κ1) is 20.4. The zero-order valence-electron chi connectivity index (χ0n) is 16.9. The maximum atomic E-state index is 5.35. The number of piperazine rings is 1. The molecule has 0 spiro atoms. The molecular formula is C22H33N5O. The largest absolute Gasteiger partial charge is 0.469 e. The highest BCUT2D eigenvalue weighted by Crippen LogP contribution is 2.08. The first-order valence-corrected chi connectivity index (χ1v) is 10.3. The van der Waals surface area contributed by atoms with Crippen LogP contribution in [0.25, 0.3) is 0 Å². The minimum atomic E-state index is 0.816. The molecule has 28 heavy (non-hydrogen) atoms. The van der Waals surface area contributed by atoms with E-state index < -0.39 is 0 Å². The lowest BCUT2D eigenvalue weighted by Gasteiger charge is -2.34. The van der Waals surface area contributed by atoms with E-state index >= 15 is 0 Å². The van der Waals surface area contributed by atoms with Crippen molar-refractivity contribution < 1.29 is 4.42 Å². The summed E-state index contributed by atoms with van der Waals surface area (Å²) in [5.74, 6) is 1.86. The number of guanidine groups is 1. The van der Waals surface area contributed by atoms with Crippen molar-refractivity contribution in [3.8, 4) is 0 Å². The molecular weight excluding hydrogens is 350 g/mol. The molecule has 1 aromatic carbocycles. The van der Waals surface area contributed by atoms with Crippen LogP contribution in [-0.2, 0) is 13.0 Å². The summed E-state index contributed by atoms with van der Waals surface area (Å²) in [5.41, 5.74) is 1.41. The van der Waals surface area contributed by atoms with E-state index in [0.717, 1.165) is 76.9 Å². The summed E-state index contributed by atoms with van der Waals surface area (Å²) in [5, 5.41) is 6.74. The van der Waals surface area contributed by atoms with E-state index in [1.54, 1.807) is 6.26 Å². The second-order valence-corrected chi connectivity index (χ2v) is 7.21. The number of rotatable bonds is 9. The standard InChI is InChI=1S/C22H33N5O/c1-23-22(25-12-10-21-9-5-18-28-21)24-11-6-13-26-14-16-27(17-15-26)19-20-7-3-2-4-8-20/h2-5,7-9,18H,6,10-17,19H2,1H3,(H2,23,24,25). The number of nitrogens with zero attached hydrogens (tertiary/aromatic N) is 3. The van der Waals surface area contributed by atoms with E-state index in [-0.39, 0.29) is 0 Å². The molecule has 0 unspecified atom stereocenters. The number of hydrogen-bond donors (Lipinski definition) is 2. The van der Waals surface area contributed by atoms with Gasteiger partial charge in [0.15, 0.2) is 5.96 Å². The van der Waals surface area contributed by atoms with Crippen molar-refractivity contribution in [2.45, 2.75) is 19.4 Å². The molecule has 152 valence electrons. The average molecular weight is 384 g/mol. The molecule has 6 heteroatoms. The smallest absolute Gasteiger partial charge is 0.190 e. The Morgan fingerprint density at radius 1 is 0.964 bits per heavy atom. The molecule has 6 nitrogen and oxygen atoms in total. The summed E-state index contributed by atoms with van der Waals surface area (Å²) < 4.78 is 5.35. The van der Waals surface area contributed by atoms with Crippen LogP contribution in [0.4, 0.5) is 0 Å². The Labute approximate surface area is 168 Å². The molecule has 2 heterocycles. The topological polar surface area (TPSA) is 56.0 Å². The molecule has 1 fully saturated rings. The number of hydrogen-bond acceptors (Lipinski definition) is 4. The van der Waals surface area contributed by atoms with Gasteiger partial charge in [-0.3, -0.25) is 9.89 Å². The molecule has 1 aliphatic rings. The highest BCUT2D eigenvalue weighted by atomic mass is 16.3. The zero-order chi connectivity index (χ0) is 19.4. The van der Waals surface area contributed by atoms with E-state index in [9.17, 15) is 0 Å². The van der Waals surface area contributed by atoms with Gasteiger partial charge >= 0.3 is 0 Å². The fourth-order valence-electron chi connectivity index (χ4n) is 3.50. The van der Waals surface area contributed by atoms with Gasteiger partial charge in [-0.15, -0.1) is 0 Å². The van der Waals surface area contributed by atoms with Crippen LogP contribution in [0.1, 0.15) is 17.7 Å². The Morgan fingerprint density at radius 2 is 1.71 bits per heavy atom. The third-order valence-corrected chi connectivity index (χ3v) is 5.13. The summed E-state index contributed by atoms with van der Waals surface area (Å²) in [6.07, 6.45) is 3.70. The minimum absolute atomic E-state index is 0.816. The van der Waals surface area contributed by atoms with Crippen LogP contribution in [0, 0.1) is 0 Å². The van der Waals surface area contributed by atoms with Gasteiger partial charge in [-0.05, 0) is 30.7 Å². The summed E-state index contributed by atoms with van der Waals surface area (Å²) in [6, 6.07) is 14.7. The molecule has 1 aliphatic heterocycles. The maximum Gasteiger partial charge on any atom is 0.190 e. The summed E-state index contributed by atoms with van der Waals surface area (Å²) >= 11 is 0. The van der Waals surface area contributed by atoms with Gasteiger partial charge in [0.25, 0.3) is 0 Å².